The van der Waals surface area contributed by atoms with E-state index < -0.39 is 5.54 Å². The minimum absolute atomic E-state index is 0.276. The number of unbranched alkanes of at least 4 members (excludes halogenated alkanes) is 1. The number of carbonyl (C=O) groups is 1. The van der Waals surface area contributed by atoms with Gasteiger partial charge in [0.2, 0.25) is 0 Å². The van der Waals surface area contributed by atoms with Crippen LogP contribution >= 0.6 is 0 Å². The average Bonchev–Trinajstić information content (AvgIpc) is 2.37. The Bertz CT molecular complexity index is 271. The van der Waals surface area contributed by atoms with Crippen LogP contribution in [-0.4, -0.2) is 42.6 Å². The SMILES string of the molecule is CCOC(=O)C(C)(N)CCCCN1CCC(C)CC1. The molecule has 0 saturated carbocycles. The molecule has 0 bridgehead atoms. The van der Waals surface area contributed by atoms with E-state index in [4.69, 9.17) is 10.5 Å². The minimum Gasteiger partial charge on any atom is -0.465 e. The molecular weight excluding hydrogens is 240 g/mol. The van der Waals surface area contributed by atoms with Crippen molar-refractivity contribution in [1.29, 1.82) is 0 Å². The highest BCUT2D eigenvalue weighted by molar-refractivity contribution is 5.79. The summed E-state index contributed by atoms with van der Waals surface area (Å²) in [6, 6.07) is 0. The van der Waals surface area contributed by atoms with Crippen LogP contribution in [0.3, 0.4) is 0 Å². The molecular formula is C15H30N2O2. The molecule has 4 nitrogen and oxygen atoms in total. The van der Waals surface area contributed by atoms with Gasteiger partial charge >= 0.3 is 5.97 Å². The lowest BCUT2D eigenvalue weighted by molar-refractivity contribution is -0.149. The van der Waals surface area contributed by atoms with E-state index in [1.807, 2.05) is 6.92 Å². The second-order valence-corrected chi connectivity index (χ2v) is 6.12. The largest absolute Gasteiger partial charge is 0.465 e. The fourth-order valence-electron chi connectivity index (χ4n) is 2.51. The molecule has 1 aliphatic heterocycles. The molecule has 4 heteroatoms. The minimum atomic E-state index is -0.827. The van der Waals surface area contributed by atoms with Crippen molar-refractivity contribution in [2.45, 2.75) is 58.4 Å². The quantitative estimate of drug-likeness (QED) is 0.569. The van der Waals surface area contributed by atoms with Crippen molar-refractivity contribution in [3.63, 3.8) is 0 Å². The summed E-state index contributed by atoms with van der Waals surface area (Å²) in [4.78, 5) is 14.2. The van der Waals surface area contributed by atoms with Crippen LogP contribution in [0, 0.1) is 5.92 Å². The summed E-state index contributed by atoms with van der Waals surface area (Å²) in [6.45, 7) is 9.89. The molecule has 2 N–H and O–H groups in total. The highest BCUT2D eigenvalue weighted by atomic mass is 16.5. The van der Waals surface area contributed by atoms with E-state index in [0.29, 0.717) is 13.0 Å². The van der Waals surface area contributed by atoms with E-state index in [-0.39, 0.29) is 5.97 Å². The molecule has 1 atom stereocenters. The smallest absolute Gasteiger partial charge is 0.325 e. The summed E-state index contributed by atoms with van der Waals surface area (Å²) in [5.74, 6) is 0.606. The van der Waals surface area contributed by atoms with Gasteiger partial charge in [-0.15, -0.1) is 0 Å². The van der Waals surface area contributed by atoms with Gasteiger partial charge in [-0.1, -0.05) is 6.92 Å². The Morgan fingerprint density at radius 2 is 2.00 bits per heavy atom. The highest BCUT2D eigenvalue weighted by Crippen LogP contribution is 2.17. The lowest BCUT2D eigenvalue weighted by atomic mass is 9.95. The zero-order valence-corrected chi connectivity index (χ0v) is 12.8. The molecule has 1 aliphatic rings. The first-order chi connectivity index (χ1) is 8.95. The molecule has 19 heavy (non-hydrogen) atoms. The molecule has 0 spiro atoms. The Morgan fingerprint density at radius 3 is 2.58 bits per heavy atom. The number of nitrogens with zero attached hydrogens (tertiary/aromatic N) is 1. The first-order valence-corrected chi connectivity index (χ1v) is 7.64. The molecule has 1 heterocycles. The Balaban J connectivity index is 2.14. The van der Waals surface area contributed by atoms with E-state index in [2.05, 4.69) is 11.8 Å². The van der Waals surface area contributed by atoms with Gasteiger partial charge in [-0.2, -0.15) is 0 Å². The second kappa shape index (κ2) is 7.85. The van der Waals surface area contributed by atoms with Crippen LogP contribution < -0.4 is 5.73 Å². The molecule has 0 aromatic heterocycles. The fraction of sp³-hybridized carbons (Fsp3) is 0.933. The summed E-state index contributed by atoms with van der Waals surface area (Å²) < 4.78 is 4.99. The van der Waals surface area contributed by atoms with Crippen molar-refractivity contribution in [3.8, 4) is 0 Å². The Kier molecular flexibility index (Phi) is 6.80. The molecule has 0 radical (unpaired) electrons. The van der Waals surface area contributed by atoms with Crippen molar-refractivity contribution in [2.75, 3.05) is 26.2 Å². The van der Waals surface area contributed by atoms with E-state index in [9.17, 15) is 4.79 Å². The van der Waals surface area contributed by atoms with Gasteiger partial charge in [-0.25, -0.2) is 0 Å². The van der Waals surface area contributed by atoms with Crippen molar-refractivity contribution in [3.05, 3.63) is 0 Å². The lowest BCUT2D eigenvalue weighted by Crippen LogP contribution is -2.46. The first-order valence-electron chi connectivity index (χ1n) is 7.64. The second-order valence-electron chi connectivity index (χ2n) is 6.12. The number of hydrogen-bond donors (Lipinski definition) is 1. The fourth-order valence-corrected chi connectivity index (χ4v) is 2.51. The molecule has 1 fully saturated rings. The van der Waals surface area contributed by atoms with E-state index >= 15 is 0 Å². The van der Waals surface area contributed by atoms with Crippen LogP contribution in [-0.2, 0) is 9.53 Å². The van der Waals surface area contributed by atoms with Crippen LogP contribution in [0.4, 0.5) is 0 Å². The zero-order valence-electron chi connectivity index (χ0n) is 12.8. The van der Waals surface area contributed by atoms with Crippen LogP contribution in [0.5, 0.6) is 0 Å². The molecule has 1 saturated heterocycles. The summed E-state index contributed by atoms with van der Waals surface area (Å²) >= 11 is 0. The van der Waals surface area contributed by atoms with Crippen LogP contribution in [0.25, 0.3) is 0 Å². The lowest BCUT2D eigenvalue weighted by Gasteiger charge is -2.30. The average molecular weight is 270 g/mol. The maximum Gasteiger partial charge on any atom is 0.325 e. The Hall–Kier alpha value is -0.610. The van der Waals surface area contributed by atoms with Crippen molar-refractivity contribution >= 4 is 5.97 Å². The van der Waals surface area contributed by atoms with Gasteiger partial charge in [0, 0.05) is 0 Å². The topological polar surface area (TPSA) is 55.6 Å². The Morgan fingerprint density at radius 1 is 1.37 bits per heavy atom. The number of hydrogen-bond acceptors (Lipinski definition) is 4. The van der Waals surface area contributed by atoms with Crippen LogP contribution in [0.1, 0.15) is 52.9 Å². The summed E-state index contributed by atoms with van der Waals surface area (Å²) in [5, 5.41) is 0. The van der Waals surface area contributed by atoms with E-state index in [0.717, 1.165) is 25.3 Å². The predicted octanol–water partition coefficient (Wildman–Crippen LogP) is 2.17. The third-order valence-corrected chi connectivity index (χ3v) is 4.04. The van der Waals surface area contributed by atoms with Gasteiger partial charge in [0.15, 0.2) is 0 Å². The number of piperidine rings is 1. The third-order valence-electron chi connectivity index (χ3n) is 4.04. The normalized spacial score (nSPS) is 21.1. The maximum atomic E-state index is 11.6. The molecule has 0 aromatic rings. The Labute approximate surface area is 117 Å². The van der Waals surface area contributed by atoms with Crippen LogP contribution in [0.15, 0.2) is 0 Å². The molecule has 0 amide bonds. The molecule has 0 aliphatic carbocycles. The highest BCUT2D eigenvalue weighted by Gasteiger charge is 2.29. The van der Waals surface area contributed by atoms with Gasteiger partial charge in [-0.05, 0) is 71.5 Å². The molecule has 0 aromatic carbocycles. The van der Waals surface area contributed by atoms with Gasteiger partial charge in [0.1, 0.15) is 5.54 Å². The van der Waals surface area contributed by atoms with Gasteiger partial charge < -0.3 is 15.4 Å². The number of rotatable bonds is 7. The number of nitrogens with two attached hydrogens (primary N) is 1. The standard InChI is InChI=1S/C15H30N2O2/c1-4-19-14(18)15(3,16)9-5-6-10-17-11-7-13(2)8-12-17/h13H,4-12,16H2,1-3H3. The number of likely N-dealkylation sites (tertiary alicyclic amines) is 1. The number of carbonyl (C=O) groups excluding carboxylic acids is 1. The summed E-state index contributed by atoms with van der Waals surface area (Å²) in [5.41, 5.74) is 5.17. The third kappa shape index (κ3) is 5.91. The summed E-state index contributed by atoms with van der Waals surface area (Å²) in [6.07, 6.45) is 5.43. The van der Waals surface area contributed by atoms with Gasteiger partial charge in [0.05, 0.1) is 6.61 Å². The molecule has 1 unspecified atom stereocenters. The van der Waals surface area contributed by atoms with Crippen molar-refractivity contribution < 1.29 is 9.53 Å². The van der Waals surface area contributed by atoms with Gasteiger partial charge in [-0.3, -0.25) is 4.79 Å². The first kappa shape index (κ1) is 16.4. The molecule has 1 rings (SSSR count). The molecule has 112 valence electrons. The van der Waals surface area contributed by atoms with E-state index in [1.54, 1.807) is 6.92 Å². The van der Waals surface area contributed by atoms with E-state index in [1.165, 1.54) is 25.9 Å². The van der Waals surface area contributed by atoms with Gasteiger partial charge in [0.25, 0.3) is 0 Å². The zero-order chi connectivity index (χ0) is 14.3. The number of ether oxygens (including phenoxy) is 1. The van der Waals surface area contributed by atoms with Crippen molar-refractivity contribution in [2.24, 2.45) is 11.7 Å². The van der Waals surface area contributed by atoms with Crippen molar-refractivity contribution in [1.82, 2.24) is 4.90 Å². The monoisotopic (exact) mass is 270 g/mol. The predicted molar refractivity (Wildman–Crippen MR) is 77.9 cm³/mol. The summed E-state index contributed by atoms with van der Waals surface area (Å²) in [7, 11) is 0. The maximum absolute atomic E-state index is 11.6. The number of esters is 1. The van der Waals surface area contributed by atoms with Crippen LogP contribution in [0.2, 0.25) is 0 Å².